The Morgan fingerprint density at radius 2 is 2.00 bits per heavy atom. The molecule has 0 radical (unpaired) electrons. The molecule has 0 bridgehead atoms. The summed E-state index contributed by atoms with van der Waals surface area (Å²) in [6.45, 7) is 0. The van der Waals surface area contributed by atoms with Crippen molar-refractivity contribution in [2.75, 3.05) is 12.4 Å². The van der Waals surface area contributed by atoms with E-state index in [9.17, 15) is 9.18 Å². The average molecular weight is 355 g/mol. The number of hydrogen-bond donors (Lipinski definition) is 2. The third-order valence-electron chi connectivity index (χ3n) is 3.94. The Morgan fingerprint density at radius 1 is 1.16 bits per heavy atom. The SMILES string of the molecule is CNC(=O)c1ccc2c(c1)nc(Nc1nc3cc(F)ccc3s1)n2C. The first-order chi connectivity index (χ1) is 12.0. The highest BCUT2D eigenvalue weighted by Crippen LogP contribution is 2.29. The molecule has 0 aliphatic rings. The molecule has 6 nitrogen and oxygen atoms in total. The van der Waals surface area contributed by atoms with E-state index in [1.165, 1.54) is 23.5 Å². The summed E-state index contributed by atoms with van der Waals surface area (Å²) in [5.41, 5.74) is 2.75. The van der Waals surface area contributed by atoms with E-state index in [0.717, 1.165) is 10.2 Å². The van der Waals surface area contributed by atoms with Crippen molar-refractivity contribution in [1.82, 2.24) is 19.9 Å². The van der Waals surface area contributed by atoms with E-state index in [1.54, 1.807) is 25.2 Å². The monoisotopic (exact) mass is 355 g/mol. The van der Waals surface area contributed by atoms with Gasteiger partial charge in [0.25, 0.3) is 5.91 Å². The number of nitrogens with zero attached hydrogens (tertiary/aromatic N) is 3. The largest absolute Gasteiger partial charge is 0.355 e. The Bertz CT molecular complexity index is 1120. The minimum absolute atomic E-state index is 0.157. The second kappa shape index (κ2) is 5.82. The van der Waals surface area contributed by atoms with Gasteiger partial charge in [-0.3, -0.25) is 4.79 Å². The molecule has 8 heteroatoms. The Kier molecular flexibility index (Phi) is 3.61. The topological polar surface area (TPSA) is 71.8 Å². The number of rotatable bonds is 3. The van der Waals surface area contributed by atoms with Gasteiger partial charge in [-0.1, -0.05) is 11.3 Å². The maximum atomic E-state index is 13.3. The number of aryl methyl sites for hydroxylation is 1. The zero-order valence-corrected chi connectivity index (χ0v) is 14.3. The number of aromatic nitrogens is 3. The molecule has 2 heterocycles. The van der Waals surface area contributed by atoms with E-state index < -0.39 is 0 Å². The van der Waals surface area contributed by atoms with Crippen LogP contribution in [0.4, 0.5) is 15.5 Å². The quantitative estimate of drug-likeness (QED) is 0.591. The van der Waals surface area contributed by atoms with Crippen molar-refractivity contribution in [3.63, 3.8) is 0 Å². The molecule has 1 amide bonds. The summed E-state index contributed by atoms with van der Waals surface area (Å²) in [5.74, 6) is 0.132. The molecule has 0 atom stereocenters. The highest BCUT2D eigenvalue weighted by Gasteiger charge is 2.13. The molecule has 4 aromatic rings. The number of halogens is 1. The fourth-order valence-electron chi connectivity index (χ4n) is 2.65. The summed E-state index contributed by atoms with van der Waals surface area (Å²) in [4.78, 5) is 20.7. The van der Waals surface area contributed by atoms with Crippen molar-refractivity contribution in [2.45, 2.75) is 0 Å². The highest BCUT2D eigenvalue weighted by molar-refractivity contribution is 7.22. The van der Waals surface area contributed by atoms with Crippen LogP contribution in [0.25, 0.3) is 21.3 Å². The third kappa shape index (κ3) is 2.70. The number of carbonyl (C=O) groups is 1. The third-order valence-corrected chi connectivity index (χ3v) is 4.89. The van der Waals surface area contributed by atoms with E-state index in [1.807, 2.05) is 17.7 Å². The van der Waals surface area contributed by atoms with Crippen LogP contribution in [-0.4, -0.2) is 27.5 Å². The minimum atomic E-state index is -0.311. The molecule has 126 valence electrons. The number of amides is 1. The normalized spacial score (nSPS) is 11.2. The van der Waals surface area contributed by atoms with Crippen LogP contribution in [0.2, 0.25) is 0 Å². The van der Waals surface area contributed by atoms with Crippen LogP contribution in [0, 0.1) is 5.82 Å². The van der Waals surface area contributed by atoms with Gasteiger partial charge in [-0.05, 0) is 30.3 Å². The second-order valence-electron chi connectivity index (χ2n) is 5.53. The van der Waals surface area contributed by atoms with E-state index in [-0.39, 0.29) is 11.7 Å². The van der Waals surface area contributed by atoms with E-state index in [2.05, 4.69) is 20.6 Å². The van der Waals surface area contributed by atoms with Crippen LogP contribution in [-0.2, 0) is 7.05 Å². The summed E-state index contributed by atoms with van der Waals surface area (Å²) in [6.07, 6.45) is 0. The number of thiazole rings is 1. The molecular formula is C17H14FN5OS. The van der Waals surface area contributed by atoms with Crippen molar-refractivity contribution in [2.24, 2.45) is 7.05 Å². The molecule has 2 aromatic heterocycles. The zero-order chi connectivity index (χ0) is 17.6. The van der Waals surface area contributed by atoms with Gasteiger partial charge in [0.2, 0.25) is 5.95 Å². The van der Waals surface area contributed by atoms with Crippen molar-refractivity contribution in [3.8, 4) is 0 Å². The molecule has 4 rings (SSSR count). The van der Waals surface area contributed by atoms with Gasteiger partial charge in [0.05, 0.1) is 21.3 Å². The molecule has 2 N–H and O–H groups in total. The number of fused-ring (bicyclic) bond motifs is 2. The number of anilines is 2. The van der Waals surface area contributed by atoms with Crippen molar-refractivity contribution in [1.29, 1.82) is 0 Å². The molecule has 0 unspecified atom stereocenters. The summed E-state index contributed by atoms with van der Waals surface area (Å²) in [6, 6.07) is 9.88. The molecule has 2 aromatic carbocycles. The molecule has 0 fully saturated rings. The van der Waals surface area contributed by atoms with Crippen molar-refractivity contribution < 1.29 is 9.18 Å². The number of imidazole rings is 1. The van der Waals surface area contributed by atoms with Gasteiger partial charge in [-0.25, -0.2) is 14.4 Å². The van der Waals surface area contributed by atoms with Gasteiger partial charge in [0.1, 0.15) is 5.82 Å². The van der Waals surface area contributed by atoms with Crippen LogP contribution in [0.15, 0.2) is 36.4 Å². The first-order valence-corrected chi connectivity index (χ1v) is 8.38. The first-order valence-electron chi connectivity index (χ1n) is 7.57. The smallest absolute Gasteiger partial charge is 0.251 e. The predicted octanol–water partition coefficient (Wildman–Crippen LogP) is 3.43. The van der Waals surface area contributed by atoms with Gasteiger partial charge >= 0.3 is 0 Å². The molecule has 0 aliphatic heterocycles. The molecule has 25 heavy (non-hydrogen) atoms. The van der Waals surface area contributed by atoms with Crippen LogP contribution in [0.5, 0.6) is 0 Å². The molecule has 0 aliphatic carbocycles. The fourth-order valence-corrected chi connectivity index (χ4v) is 3.49. The zero-order valence-electron chi connectivity index (χ0n) is 13.5. The standard InChI is InChI=1S/C17H14FN5OS/c1-19-15(24)9-3-5-13-11(7-9)20-16(23(13)2)22-17-21-12-8-10(18)4-6-14(12)25-17/h3-8H,1-2H3,(H,19,24)(H,20,21,22). The van der Waals surface area contributed by atoms with Crippen LogP contribution in [0.3, 0.4) is 0 Å². The maximum absolute atomic E-state index is 13.3. The Morgan fingerprint density at radius 3 is 2.80 bits per heavy atom. The lowest BCUT2D eigenvalue weighted by molar-refractivity contribution is 0.0963. The van der Waals surface area contributed by atoms with Gasteiger partial charge in [0.15, 0.2) is 5.13 Å². The molecule has 0 saturated heterocycles. The summed E-state index contributed by atoms with van der Waals surface area (Å²) in [7, 11) is 3.47. The Hall–Kier alpha value is -3.00. The second-order valence-corrected chi connectivity index (χ2v) is 6.56. The molecular weight excluding hydrogens is 341 g/mol. The molecule has 0 saturated carbocycles. The lowest BCUT2D eigenvalue weighted by atomic mass is 10.2. The van der Waals surface area contributed by atoms with E-state index in [4.69, 9.17) is 0 Å². The lowest BCUT2D eigenvalue weighted by Crippen LogP contribution is -2.17. The predicted molar refractivity (Wildman–Crippen MR) is 97.0 cm³/mol. The van der Waals surface area contributed by atoms with Crippen LogP contribution >= 0.6 is 11.3 Å². The number of benzene rings is 2. The van der Waals surface area contributed by atoms with Gasteiger partial charge in [-0.2, -0.15) is 0 Å². The van der Waals surface area contributed by atoms with Gasteiger partial charge in [0, 0.05) is 25.7 Å². The average Bonchev–Trinajstić information content (AvgIpc) is 3.14. The summed E-state index contributed by atoms with van der Waals surface area (Å²) < 4.78 is 16.1. The van der Waals surface area contributed by atoms with Crippen molar-refractivity contribution >= 4 is 49.6 Å². The lowest BCUT2D eigenvalue weighted by Gasteiger charge is -2.02. The number of nitrogens with one attached hydrogen (secondary N) is 2. The summed E-state index contributed by atoms with van der Waals surface area (Å²) >= 11 is 1.42. The van der Waals surface area contributed by atoms with E-state index >= 15 is 0 Å². The van der Waals surface area contributed by atoms with E-state index in [0.29, 0.717) is 27.7 Å². The fraction of sp³-hybridized carbons (Fsp3) is 0.118. The van der Waals surface area contributed by atoms with Gasteiger partial charge < -0.3 is 15.2 Å². The van der Waals surface area contributed by atoms with Crippen LogP contribution < -0.4 is 10.6 Å². The summed E-state index contributed by atoms with van der Waals surface area (Å²) in [5, 5.41) is 6.40. The molecule has 0 spiro atoms. The first kappa shape index (κ1) is 15.5. The van der Waals surface area contributed by atoms with Crippen molar-refractivity contribution in [3.05, 3.63) is 47.8 Å². The minimum Gasteiger partial charge on any atom is -0.355 e. The highest BCUT2D eigenvalue weighted by atomic mass is 32.1. The van der Waals surface area contributed by atoms with Gasteiger partial charge in [-0.15, -0.1) is 0 Å². The maximum Gasteiger partial charge on any atom is 0.251 e. The Labute approximate surface area is 146 Å². The number of carbonyl (C=O) groups excluding carboxylic acids is 1. The van der Waals surface area contributed by atoms with Crippen LogP contribution in [0.1, 0.15) is 10.4 Å². The number of hydrogen-bond acceptors (Lipinski definition) is 5. The Balaban J connectivity index is 1.72.